The van der Waals surface area contributed by atoms with Gasteiger partial charge in [-0.15, -0.1) is 0 Å². The zero-order valence-corrected chi connectivity index (χ0v) is 12.3. The molecule has 1 aromatic carbocycles. The minimum absolute atomic E-state index is 0.104. The summed E-state index contributed by atoms with van der Waals surface area (Å²) in [7, 11) is 0. The second kappa shape index (κ2) is 7.89. The molecule has 21 heavy (non-hydrogen) atoms. The second-order valence-electron chi connectivity index (χ2n) is 4.52. The highest BCUT2D eigenvalue weighted by atomic mass is 19.1. The molecule has 0 spiro atoms. The van der Waals surface area contributed by atoms with Crippen LogP contribution < -0.4 is 16.8 Å². The number of rotatable bonds is 6. The lowest BCUT2D eigenvalue weighted by Gasteiger charge is -2.08. The Morgan fingerprint density at radius 1 is 1.29 bits per heavy atom. The number of anilines is 1. The predicted molar refractivity (Wildman–Crippen MR) is 86.3 cm³/mol. The summed E-state index contributed by atoms with van der Waals surface area (Å²) >= 11 is 0. The van der Waals surface area contributed by atoms with Crippen molar-refractivity contribution in [2.75, 3.05) is 5.32 Å². The molecule has 0 radical (unpaired) electrons. The molecular formula is C16H21FN4. The Balaban J connectivity index is 2.94. The standard InChI is InChI=1S/C16H21FN4/c1-3-6-14(18)12(16(19)20)10-9-11(2)21-15-8-5-4-7-13(15)17/h4-10,21H,3,18H2,1-2H3,(H3,19,20)/b11-9+,12-10+,14-6-. The normalized spacial score (nSPS) is 13.2. The van der Waals surface area contributed by atoms with Gasteiger partial charge in [0, 0.05) is 17.0 Å². The first-order valence-electron chi connectivity index (χ1n) is 6.66. The number of allylic oxidation sites excluding steroid dienone is 4. The Bertz CT molecular complexity index is 600. The van der Waals surface area contributed by atoms with E-state index in [1.165, 1.54) is 6.07 Å². The molecule has 0 aromatic heterocycles. The minimum Gasteiger partial charge on any atom is -0.398 e. The Hall–Kier alpha value is -2.56. The van der Waals surface area contributed by atoms with E-state index in [4.69, 9.17) is 16.9 Å². The molecule has 4 nitrogen and oxygen atoms in total. The molecule has 5 heteroatoms. The molecule has 0 aliphatic carbocycles. The van der Waals surface area contributed by atoms with Gasteiger partial charge in [-0.1, -0.05) is 25.1 Å². The molecule has 6 N–H and O–H groups in total. The predicted octanol–water partition coefficient (Wildman–Crippen LogP) is 3.26. The third-order valence-electron chi connectivity index (χ3n) is 2.73. The van der Waals surface area contributed by atoms with Crippen LogP contribution in [0, 0.1) is 11.2 Å². The van der Waals surface area contributed by atoms with Crippen molar-refractivity contribution in [3.63, 3.8) is 0 Å². The van der Waals surface area contributed by atoms with Crippen molar-refractivity contribution in [1.82, 2.24) is 0 Å². The van der Waals surface area contributed by atoms with E-state index in [0.29, 0.717) is 22.7 Å². The molecule has 0 amide bonds. The van der Waals surface area contributed by atoms with Crippen molar-refractivity contribution < 1.29 is 4.39 Å². The van der Waals surface area contributed by atoms with Crippen LogP contribution in [-0.2, 0) is 0 Å². The molecular weight excluding hydrogens is 267 g/mol. The number of halogens is 1. The van der Waals surface area contributed by atoms with E-state index in [2.05, 4.69) is 5.32 Å². The molecule has 0 saturated heterocycles. The van der Waals surface area contributed by atoms with E-state index in [1.807, 2.05) is 6.92 Å². The zero-order chi connectivity index (χ0) is 15.8. The van der Waals surface area contributed by atoms with Crippen LogP contribution in [0.5, 0.6) is 0 Å². The highest BCUT2D eigenvalue weighted by molar-refractivity contribution is 5.98. The number of nitrogens with one attached hydrogen (secondary N) is 2. The molecule has 1 rings (SSSR count). The molecule has 1 aromatic rings. The van der Waals surface area contributed by atoms with Crippen LogP contribution in [0.25, 0.3) is 0 Å². The summed E-state index contributed by atoms with van der Waals surface area (Å²) in [5.74, 6) is -0.432. The number of para-hydroxylation sites is 1. The first kappa shape index (κ1) is 16.5. The van der Waals surface area contributed by atoms with Gasteiger partial charge in [-0.2, -0.15) is 0 Å². The number of benzene rings is 1. The smallest absolute Gasteiger partial charge is 0.146 e. The maximum Gasteiger partial charge on any atom is 0.146 e. The summed E-state index contributed by atoms with van der Waals surface area (Å²) in [4.78, 5) is 0. The third-order valence-corrected chi connectivity index (χ3v) is 2.73. The van der Waals surface area contributed by atoms with Crippen molar-refractivity contribution >= 4 is 11.5 Å². The molecule has 0 fully saturated rings. The summed E-state index contributed by atoms with van der Waals surface area (Å²) in [5, 5.41) is 10.5. The van der Waals surface area contributed by atoms with Crippen molar-refractivity contribution in [2.45, 2.75) is 20.3 Å². The largest absolute Gasteiger partial charge is 0.398 e. The van der Waals surface area contributed by atoms with Crippen molar-refractivity contribution in [2.24, 2.45) is 11.5 Å². The van der Waals surface area contributed by atoms with Gasteiger partial charge in [0.05, 0.1) is 5.69 Å². The average molecular weight is 288 g/mol. The fraction of sp³-hybridized carbons (Fsp3) is 0.188. The van der Waals surface area contributed by atoms with E-state index in [9.17, 15) is 4.39 Å². The summed E-state index contributed by atoms with van der Waals surface area (Å²) < 4.78 is 13.5. The van der Waals surface area contributed by atoms with Gasteiger partial charge in [0.2, 0.25) is 0 Å². The molecule has 0 saturated carbocycles. The molecule has 0 atom stereocenters. The highest BCUT2D eigenvalue weighted by Crippen LogP contribution is 2.15. The average Bonchev–Trinajstić information content (AvgIpc) is 2.41. The van der Waals surface area contributed by atoms with Gasteiger partial charge in [0.15, 0.2) is 0 Å². The first-order chi connectivity index (χ1) is 9.95. The van der Waals surface area contributed by atoms with E-state index in [1.54, 1.807) is 43.4 Å². The SMILES string of the molecule is CC/C=C(N)/C(=C\C=C(/C)Nc1ccccc1F)C(=N)N. The van der Waals surface area contributed by atoms with Crippen LogP contribution in [0.4, 0.5) is 10.1 Å². The topological polar surface area (TPSA) is 87.9 Å². The van der Waals surface area contributed by atoms with Gasteiger partial charge in [-0.05, 0) is 37.6 Å². The van der Waals surface area contributed by atoms with E-state index >= 15 is 0 Å². The number of hydrogen-bond donors (Lipinski definition) is 4. The summed E-state index contributed by atoms with van der Waals surface area (Å²) in [6.07, 6.45) is 5.90. The van der Waals surface area contributed by atoms with Crippen LogP contribution in [-0.4, -0.2) is 5.84 Å². The third kappa shape index (κ3) is 5.14. The van der Waals surface area contributed by atoms with E-state index < -0.39 is 0 Å². The van der Waals surface area contributed by atoms with Gasteiger partial charge in [0.25, 0.3) is 0 Å². The maximum atomic E-state index is 13.5. The number of nitrogens with two attached hydrogens (primary N) is 2. The Kier molecular flexibility index (Phi) is 6.20. The van der Waals surface area contributed by atoms with Crippen LogP contribution in [0.1, 0.15) is 20.3 Å². The fourth-order valence-corrected chi connectivity index (χ4v) is 1.70. The van der Waals surface area contributed by atoms with Gasteiger partial charge in [-0.25, -0.2) is 4.39 Å². The highest BCUT2D eigenvalue weighted by Gasteiger charge is 2.04. The molecule has 0 aliphatic heterocycles. The zero-order valence-electron chi connectivity index (χ0n) is 12.3. The van der Waals surface area contributed by atoms with Crippen LogP contribution in [0.2, 0.25) is 0 Å². The van der Waals surface area contributed by atoms with E-state index in [0.717, 1.165) is 6.42 Å². The monoisotopic (exact) mass is 288 g/mol. The lowest BCUT2D eigenvalue weighted by molar-refractivity contribution is 0.631. The van der Waals surface area contributed by atoms with Gasteiger partial charge >= 0.3 is 0 Å². The van der Waals surface area contributed by atoms with Crippen LogP contribution in [0.3, 0.4) is 0 Å². The van der Waals surface area contributed by atoms with Crippen molar-refractivity contribution in [1.29, 1.82) is 5.41 Å². The Morgan fingerprint density at radius 3 is 2.52 bits per heavy atom. The lowest BCUT2D eigenvalue weighted by atomic mass is 10.1. The Morgan fingerprint density at radius 2 is 1.95 bits per heavy atom. The lowest BCUT2D eigenvalue weighted by Crippen LogP contribution is -2.18. The van der Waals surface area contributed by atoms with E-state index in [-0.39, 0.29) is 11.7 Å². The second-order valence-corrected chi connectivity index (χ2v) is 4.52. The summed E-state index contributed by atoms with van der Waals surface area (Å²) in [6, 6.07) is 6.41. The van der Waals surface area contributed by atoms with Crippen molar-refractivity contribution in [3.05, 3.63) is 65.3 Å². The van der Waals surface area contributed by atoms with Gasteiger partial charge < -0.3 is 16.8 Å². The molecule has 0 aliphatic rings. The minimum atomic E-state index is -0.327. The fourth-order valence-electron chi connectivity index (χ4n) is 1.70. The molecule has 112 valence electrons. The number of hydrogen-bond acceptors (Lipinski definition) is 3. The molecule has 0 heterocycles. The van der Waals surface area contributed by atoms with Crippen molar-refractivity contribution in [3.8, 4) is 0 Å². The number of amidine groups is 1. The summed E-state index contributed by atoms with van der Waals surface area (Å²) in [5.41, 5.74) is 13.4. The molecule has 0 bridgehead atoms. The van der Waals surface area contributed by atoms with Gasteiger partial charge in [0.1, 0.15) is 11.7 Å². The quantitative estimate of drug-likeness (QED) is 0.368. The molecule has 0 unspecified atom stereocenters. The van der Waals surface area contributed by atoms with Gasteiger partial charge in [-0.3, -0.25) is 5.41 Å². The Labute approximate surface area is 124 Å². The first-order valence-corrected chi connectivity index (χ1v) is 6.66. The van der Waals surface area contributed by atoms with Crippen LogP contribution >= 0.6 is 0 Å². The summed E-state index contributed by atoms with van der Waals surface area (Å²) in [6.45, 7) is 3.74. The maximum absolute atomic E-state index is 13.5. The van der Waals surface area contributed by atoms with Crippen LogP contribution in [0.15, 0.2) is 59.5 Å².